The van der Waals surface area contributed by atoms with E-state index < -0.39 is 21.5 Å². The van der Waals surface area contributed by atoms with E-state index in [-0.39, 0.29) is 27.3 Å². The van der Waals surface area contributed by atoms with E-state index in [0.717, 1.165) is 5.56 Å². The van der Waals surface area contributed by atoms with Crippen LogP contribution in [0.2, 0.25) is 5.02 Å². The highest BCUT2D eigenvalue weighted by atomic mass is 35.5. The quantitative estimate of drug-likeness (QED) is 0.515. The van der Waals surface area contributed by atoms with Gasteiger partial charge in [0, 0.05) is 16.0 Å². The Bertz CT molecular complexity index is 1260. The van der Waals surface area contributed by atoms with E-state index in [2.05, 4.69) is 5.32 Å². The zero-order valence-electron chi connectivity index (χ0n) is 17.7. The predicted molar refractivity (Wildman–Crippen MR) is 119 cm³/mol. The lowest BCUT2D eigenvalue weighted by molar-refractivity contribution is -0.156. The number of sulfone groups is 1. The average molecular weight is 462 g/mol. The Hall–Kier alpha value is -2.51. The molecule has 1 aliphatic rings. The number of carbonyl (C=O) groups excluding carboxylic acids is 1. The van der Waals surface area contributed by atoms with Crippen molar-refractivity contribution >= 4 is 44.3 Å². The molecule has 2 aromatic carbocycles. The van der Waals surface area contributed by atoms with Gasteiger partial charge in [-0.1, -0.05) is 36.7 Å². The summed E-state index contributed by atoms with van der Waals surface area (Å²) in [7, 11) is -3.86. The number of hydrogen-bond acceptors (Lipinski definition) is 6. The van der Waals surface area contributed by atoms with E-state index >= 15 is 0 Å². The first kappa shape index (κ1) is 21.7. The maximum absolute atomic E-state index is 13.3. The molecular weight excluding hydrogens is 438 g/mol. The molecule has 0 radical (unpaired) electrons. The molecule has 2 atom stereocenters. The molecule has 2 heterocycles. The molecule has 0 aliphatic carbocycles. The van der Waals surface area contributed by atoms with Crippen LogP contribution in [0.1, 0.15) is 45.6 Å². The van der Waals surface area contributed by atoms with Crippen molar-refractivity contribution in [2.24, 2.45) is 0 Å². The maximum atomic E-state index is 13.3. The Morgan fingerprint density at radius 3 is 2.52 bits per heavy atom. The van der Waals surface area contributed by atoms with Crippen molar-refractivity contribution in [1.29, 1.82) is 0 Å². The molecular formula is C23H24ClNO5S. The van der Waals surface area contributed by atoms with E-state index in [4.69, 9.17) is 20.8 Å². The number of ether oxygens (including phenoxy) is 1. The van der Waals surface area contributed by atoms with Crippen LogP contribution < -0.4 is 5.32 Å². The van der Waals surface area contributed by atoms with Gasteiger partial charge < -0.3 is 14.5 Å². The number of carbonyl (C=O) groups is 1. The normalized spacial score (nSPS) is 19.0. The second kappa shape index (κ2) is 7.57. The van der Waals surface area contributed by atoms with E-state index in [9.17, 15) is 13.2 Å². The Kier molecular flexibility index (Phi) is 5.30. The summed E-state index contributed by atoms with van der Waals surface area (Å²) >= 11 is 6.32. The Labute approximate surface area is 186 Å². The van der Waals surface area contributed by atoms with Crippen LogP contribution in [0.5, 0.6) is 0 Å². The van der Waals surface area contributed by atoms with Crippen molar-refractivity contribution in [1.82, 2.24) is 0 Å². The number of hydrogen-bond donors (Lipinski definition) is 1. The highest BCUT2D eigenvalue weighted by Crippen LogP contribution is 2.45. The van der Waals surface area contributed by atoms with Crippen LogP contribution in [0.3, 0.4) is 0 Å². The second-order valence-corrected chi connectivity index (χ2v) is 11.2. The molecule has 3 aromatic rings. The molecule has 6 nitrogen and oxygen atoms in total. The third-order valence-corrected chi connectivity index (χ3v) is 7.17. The number of anilines is 1. The van der Waals surface area contributed by atoms with Crippen LogP contribution in [0.25, 0.3) is 11.0 Å². The van der Waals surface area contributed by atoms with E-state index in [1.54, 1.807) is 24.3 Å². The largest absolute Gasteiger partial charge is 0.458 e. The summed E-state index contributed by atoms with van der Waals surface area (Å²) in [5.41, 5.74) is 0.421. The van der Waals surface area contributed by atoms with Gasteiger partial charge in [-0.25, -0.2) is 13.2 Å². The molecule has 31 heavy (non-hydrogen) atoms. The number of benzene rings is 2. The fourth-order valence-electron chi connectivity index (χ4n) is 3.89. The zero-order valence-corrected chi connectivity index (χ0v) is 19.3. The van der Waals surface area contributed by atoms with E-state index in [0.29, 0.717) is 22.7 Å². The average Bonchev–Trinajstić information content (AvgIpc) is 3.05. The van der Waals surface area contributed by atoms with Gasteiger partial charge in [-0.15, -0.1) is 0 Å². The van der Waals surface area contributed by atoms with Gasteiger partial charge in [-0.2, -0.15) is 0 Å². The molecule has 1 N–H and O–H groups in total. The minimum Gasteiger partial charge on any atom is -0.458 e. The third-order valence-electron chi connectivity index (χ3n) is 5.18. The van der Waals surface area contributed by atoms with Gasteiger partial charge in [0.15, 0.2) is 11.5 Å². The summed E-state index contributed by atoms with van der Waals surface area (Å²) in [4.78, 5) is 12.8. The molecule has 0 spiro atoms. The van der Waals surface area contributed by atoms with Gasteiger partial charge in [-0.05, 0) is 57.4 Å². The molecule has 164 valence electrons. The van der Waals surface area contributed by atoms with Gasteiger partial charge in [0.25, 0.3) is 0 Å². The smallest absolute Gasteiger partial charge is 0.329 e. The summed E-state index contributed by atoms with van der Waals surface area (Å²) in [6, 6.07) is 10.7. The topological polar surface area (TPSA) is 85.6 Å². The first-order valence-electron chi connectivity index (χ1n) is 10.0. The lowest BCUT2D eigenvalue weighted by Crippen LogP contribution is -2.39. The predicted octanol–water partition coefficient (Wildman–Crippen LogP) is 5.55. The standard InChI is InChI=1S/C23H24ClNO5S/c1-13-10-17(22(26)30-23(2,3)4)25-21-19(13)16-11-14(24)12-18(20(16)29-21)31(27,28)15-8-6-5-7-9-15/h5-9,11-13,17,25H,10H2,1-4H3. The van der Waals surface area contributed by atoms with Crippen molar-refractivity contribution in [2.75, 3.05) is 5.32 Å². The number of nitrogens with one attached hydrogen (secondary N) is 1. The first-order valence-corrected chi connectivity index (χ1v) is 11.9. The molecule has 4 rings (SSSR count). The van der Waals surface area contributed by atoms with Crippen LogP contribution in [-0.2, 0) is 19.4 Å². The van der Waals surface area contributed by atoms with Crippen LogP contribution in [0, 0.1) is 0 Å². The van der Waals surface area contributed by atoms with Crippen LogP contribution in [0.15, 0.2) is 56.7 Å². The lowest BCUT2D eigenvalue weighted by atomic mass is 9.89. The number of halogens is 1. The minimum atomic E-state index is -3.86. The van der Waals surface area contributed by atoms with Gasteiger partial charge in [0.1, 0.15) is 16.5 Å². The summed E-state index contributed by atoms with van der Waals surface area (Å²) in [6.07, 6.45) is 0.490. The number of rotatable bonds is 3. The van der Waals surface area contributed by atoms with Gasteiger partial charge in [0.05, 0.1) is 4.90 Å². The Morgan fingerprint density at radius 2 is 1.87 bits per heavy atom. The molecule has 0 saturated carbocycles. The second-order valence-electron chi connectivity index (χ2n) is 8.81. The fraction of sp³-hybridized carbons (Fsp3) is 0.348. The lowest BCUT2D eigenvalue weighted by Gasteiger charge is -2.29. The number of fused-ring (bicyclic) bond motifs is 3. The Balaban J connectivity index is 1.83. The highest BCUT2D eigenvalue weighted by Gasteiger charge is 2.36. The summed E-state index contributed by atoms with van der Waals surface area (Å²) in [6.45, 7) is 7.41. The molecule has 2 unspecified atom stereocenters. The molecule has 0 saturated heterocycles. The maximum Gasteiger partial charge on any atom is 0.329 e. The molecule has 0 bridgehead atoms. The van der Waals surface area contributed by atoms with Crippen LogP contribution in [0.4, 0.5) is 5.88 Å². The van der Waals surface area contributed by atoms with Crippen molar-refractivity contribution < 1.29 is 22.4 Å². The van der Waals surface area contributed by atoms with Gasteiger partial charge in [-0.3, -0.25) is 0 Å². The Morgan fingerprint density at radius 1 is 1.19 bits per heavy atom. The number of esters is 1. The molecule has 1 aromatic heterocycles. The van der Waals surface area contributed by atoms with Gasteiger partial charge in [0.2, 0.25) is 9.84 Å². The monoisotopic (exact) mass is 461 g/mol. The van der Waals surface area contributed by atoms with E-state index in [1.807, 2.05) is 27.7 Å². The van der Waals surface area contributed by atoms with E-state index in [1.165, 1.54) is 18.2 Å². The van der Waals surface area contributed by atoms with Gasteiger partial charge >= 0.3 is 5.97 Å². The van der Waals surface area contributed by atoms with Crippen molar-refractivity contribution in [3.63, 3.8) is 0 Å². The molecule has 0 amide bonds. The minimum absolute atomic E-state index is 0.00146. The fourth-order valence-corrected chi connectivity index (χ4v) is 5.62. The third kappa shape index (κ3) is 4.04. The molecule has 0 fully saturated rings. The zero-order chi connectivity index (χ0) is 22.6. The highest BCUT2D eigenvalue weighted by molar-refractivity contribution is 7.91. The first-order chi connectivity index (χ1) is 14.5. The molecule has 1 aliphatic heterocycles. The van der Waals surface area contributed by atoms with Crippen LogP contribution in [-0.4, -0.2) is 26.0 Å². The summed E-state index contributed by atoms with van der Waals surface area (Å²) in [5, 5.41) is 4.02. The van der Waals surface area contributed by atoms with Crippen molar-refractivity contribution in [2.45, 2.75) is 61.5 Å². The molecule has 8 heteroatoms. The van der Waals surface area contributed by atoms with Crippen LogP contribution >= 0.6 is 11.6 Å². The van der Waals surface area contributed by atoms with Crippen molar-refractivity contribution in [3.8, 4) is 0 Å². The summed E-state index contributed by atoms with van der Waals surface area (Å²) in [5.74, 6) is -0.0715. The SMILES string of the molecule is CC1CC(C(=O)OC(C)(C)C)Nc2oc3c(S(=O)(=O)c4ccccc4)cc(Cl)cc3c21. The number of furan rings is 1. The summed E-state index contributed by atoms with van der Waals surface area (Å²) < 4.78 is 38.1. The van der Waals surface area contributed by atoms with Crippen molar-refractivity contribution in [3.05, 3.63) is 53.1 Å².